The Labute approximate surface area is 181 Å². The van der Waals surface area contributed by atoms with E-state index in [-0.39, 0.29) is 43.9 Å². The lowest BCUT2D eigenvalue weighted by Gasteiger charge is -2.41. The van der Waals surface area contributed by atoms with Gasteiger partial charge in [0.25, 0.3) is 5.69 Å². The van der Waals surface area contributed by atoms with E-state index in [1.165, 1.54) is 21.9 Å². The Morgan fingerprint density at radius 2 is 1.53 bits per heavy atom. The predicted molar refractivity (Wildman–Crippen MR) is 103 cm³/mol. The van der Waals surface area contributed by atoms with Crippen LogP contribution in [0.4, 0.5) is 15.3 Å². The Kier molecular flexibility index (Phi) is 4.83. The topological polar surface area (TPSA) is 138 Å². The number of esters is 1. The van der Waals surface area contributed by atoms with E-state index in [9.17, 15) is 24.5 Å². The van der Waals surface area contributed by atoms with Crippen LogP contribution in [0.5, 0.6) is 0 Å². The molecule has 3 unspecified atom stereocenters. The van der Waals surface area contributed by atoms with Crippen LogP contribution in [0.15, 0.2) is 35.6 Å². The molecule has 4 aliphatic rings. The fourth-order valence-corrected chi connectivity index (χ4v) is 4.42. The Balaban J connectivity index is 1.50. The van der Waals surface area contributed by atoms with E-state index in [0.717, 1.165) is 0 Å². The second kappa shape index (κ2) is 7.70. The van der Waals surface area contributed by atoms with Crippen molar-refractivity contribution < 1.29 is 38.3 Å². The molecule has 0 bridgehead atoms. The molecule has 1 aromatic rings. The van der Waals surface area contributed by atoms with E-state index in [4.69, 9.17) is 18.9 Å². The van der Waals surface area contributed by atoms with E-state index < -0.39 is 41.5 Å². The normalized spacial score (nSPS) is 27.5. The quantitative estimate of drug-likeness (QED) is 0.294. The molecule has 0 spiro atoms. The number of nitro groups is 1. The van der Waals surface area contributed by atoms with Crippen LogP contribution in [-0.2, 0) is 23.7 Å². The summed E-state index contributed by atoms with van der Waals surface area (Å²) in [6, 6.07) is 5.88. The fraction of sp³-hybridized carbons (Fsp3) is 0.450. The molecule has 0 N–H and O–H groups in total. The van der Waals surface area contributed by atoms with Crippen molar-refractivity contribution in [1.82, 2.24) is 9.80 Å². The van der Waals surface area contributed by atoms with Gasteiger partial charge in [0.1, 0.15) is 19.0 Å². The fourth-order valence-electron chi connectivity index (χ4n) is 4.42. The number of cyclic esters (lactones) is 3. The van der Waals surface area contributed by atoms with Crippen molar-refractivity contribution in [3.8, 4) is 0 Å². The van der Waals surface area contributed by atoms with Crippen LogP contribution in [0.25, 0.3) is 0 Å². The van der Waals surface area contributed by atoms with Gasteiger partial charge < -0.3 is 18.9 Å². The first-order chi connectivity index (χ1) is 15.4. The van der Waals surface area contributed by atoms with Crippen molar-refractivity contribution in [2.75, 3.05) is 26.3 Å². The van der Waals surface area contributed by atoms with E-state index >= 15 is 0 Å². The molecule has 2 amide bonds. The number of nitro benzene ring substituents is 1. The Morgan fingerprint density at radius 1 is 0.906 bits per heavy atom. The third-order valence-corrected chi connectivity index (χ3v) is 5.97. The SMILES string of the molecule is O=C1OC(N2CCOC2=O)CC2=C1C(c1ccc([N+](=O)[O-])cc1)CC(N1CCOC1=O)O2. The molecule has 4 heterocycles. The first-order valence-corrected chi connectivity index (χ1v) is 10.1. The smallest absolute Gasteiger partial charge is 0.412 e. The summed E-state index contributed by atoms with van der Waals surface area (Å²) >= 11 is 0. The van der Waals surface area contributed by atoms with E-state index in [1.54, 1.807) is 12.1 Å². The summed E-state index contributed by atoms with van der Waals surface area (Å²) in [5, 5.41) is 11.0. The summed E-state index contributed by atoms with van der Waals surface area (Å²) in [6.07, 6.45) is -2.30. The highest BCUT2D eigenvalue weighted by Gasteiger charge is 2.47. The molecule has 0 aliphatic carbocycles. The molecule has 12 nitrogen and oxygen atoms in total. The summed E-state index contributed by atoms with van der Waals surface area (Å²) in [4.78, 5) is 50.4. The number of nitrogens with zero attached hydrogens (tertiary/aromatic N) is 3. The second-order valence-corrected chi connectivity index (χ2v) is 7.73. The average molecular weight is 445 g/mol. The zero-order valence-corrected chi connectivity index (χ0v) is 16.8. The number of amides is 2. The maximum Gasteiger partial charge on any atom is 0.412 e. The predicted octanol–water partition coefficient (Wildman–Crippen LogP) is 1.86. The van der Waals surface area contributed by atoms with E-state index in [2.05, 4.69) is 0 Å². The minimum Gasteiger partial charge on any atom is -0.474 e. The third kappa shape index (κ3) is 3.37. The molecule has 0 radical (unpaired) electrons. The van der Waals surface area contributed by atoms with Crippen molar-refractivity contribution in [2.45, 2.75) is 31.2 Å². The number of carbonyl (C=O) groups excluding carboxylic acids is 3. The molecular formula is C20H19N3O9. The summed E-state index contributed by atoms with van der Waals surface area (Å²) < 4.78 is 21.6. The van der Waals surface area contributed by atoms with Gasteiger partial charge in [-0.25, -0.2) is 14.4 Å². The molecule has 4 aliphatic heterocycles. The van der Waals surface area contributed by atoms with Gasteiger partial charge >= 0.3 is 18.2 Å². The lowest BCUT2D eigenvalue weighted by Crippen LogP contribution is -2.48. The van der Waals surface area contributed by atoms with Gasteiger partial charge in [0.05, 0.1) is 30.0 Å². The monoisotopic (exact) mass is 445 g/mol. The van der Waals surface area contributed by atoms with Gasteiger partial charge in [0.2, 0.25) is 0 Å². The first-order valence-electron chi connectivity index (χ1n) is 10.1. The van der Waals surface area contributed by atoms with Crippen molar-refractivity contribution >= 4 is 23.8 Å². The Bertz CT molecular complexity index is 1020. The highest BCUT2D eigenvalue weighted by atomic mass is 16.6. The number of non-ortho nitro benzene ring substituents is 1. The number of rotatable bonds is 4. The number of carbonyl (C=O) groups is 3. The maximum absolute atomic E-state index is 13.0. The molecule has 32 heavy (non-hydrogen) atoms. The molecule has 168 valence electrons. The molecule has 0 saturated carbocycles. The lowest BCUT2D eigenvalue weighted by atomic mass is 9.83. The highest BCUT2D eigenvalue weighted by Crippen LogP contribution is 2.43. The standard InChI is InChI=1S/C20H19N3O9/c24-18-17-13(11-1-3-12(4-2-11)23(27)28)9-15(21-5-7-29-19(21)25)31-14(17)10-16(32-18)22-6-8-30-20(22)26/h1-4,13,15-16H,5-10H2. The number of ether oxygens (including phenoxy) is 4. The molecule has 1 aromatic carbocycles. The molecule has 5 rings (SSSR count). The van der Waals surface area contributed by atoms with Crippen LogP contribution >= 0.6 is 0 Å². The summed E-state index contributed by atoms with van der Waals surface area (Å²) in [5.74, 6) is -0.830. The van der Waals surface area contributed by atoms with E-state index in [0.29, 0.717) is 17.9 Å². The van der Waals surface area contributed by atoms with Crippen LogP contribution in [0.1, 0.15) is 24.3 Å². The van der Waals surface area contributed by atoms with Crippen LogP contribution in [0.3, 0.4) is 0 Å². The maximum atomic E-state index is 13.0. The minimum atomic E-state index is -0.877. The van der Waals surface area contributed by atoms with Gasteiger partial charge in [-0.05, 0) is 5.56 Å². The number of hydrogen-bond acceptors (Lipinski definition) is 9. The molecule has 12 heteroatoms. The lowest BCUT2D eigenvalue weighted by molar-refractivity contribution is -0.384. The zero-order valence-electron chi connectivity index (χ0n) is 16.8. The highest BCUT2D eigenvalue weighted by molar-refractivity contribution is 5.92. The number of benzene rings is 1. The van der Waals surface area contributed by atoms with Crippen LogP contribution in [0.2, 0.25) is 0 Å². The Morgan fingerprint density at radius 3 is 2.09 bits per heavy atom. The van der Waals surface area contributed by atoms with Crippen molar-refractivity contribution in [2.24, 2.45) is 0 Å². The summed E-state index contributed by atoms with van der Waals surface area (Å²) in [6.45, 7) is 1.06. The molecule has 0 aromatic heterocycles. The average Bonchev–Trinajstić information content (AvgIpc) is 3.40. The van der Waals surface area contributed by atoms with Crippen LogP contribution < -0.4 is 0 Å². The molecule has 2 saturated heterocycles. The number of hydrogen-bond donors (Lipinski definition) is 0. The third-order valence-electron chi connectivity index (χ3n) is 5.97. The van der Waals surface area contributed by atoms with Crippen LogP contribution in [0, 0.1) is 10.1 Å². The van der Waals surface area contributed by atoms with Gasteiger partial charge in [0, 0.05) is 24.5 Å². The van der Waals surface area contributed by atoms with Crippen LogP contribution in [-0.4, -0.2) is 71.6 Å². The van der Waals surface area contributed by atoms with Crippen molar-refractivity contribution in [1.29, 1.82) is 0 Å². The summed E-state index contributed by atoms with van der Waals surface area (Å²) in [5.41, 5.74) is 0.861. The van der Waals surface area contributed by atoms with Gasteiger partial charge in [-0.3, -0.25) is 19.9 Å². The van der Waals surface area contributed by atoms with Gasteiger partial charge in [0.15, 0.2) is 12.5 Å². The molecular weight excluding hydrogens is 426 g/mol. The van der Waals surface area contributed by atoms with Gasteiger partial charge in [-0.15, -0.1) is 0 Å². The largest absolute Gasteiger partial charge is 0.474 e. The Hall–Kier alpha value is -3.83. The molecule has 2 fully saturated rings. The first kappa shape index (κ1) is 20.1. The van der Waals surface area contributed by atoms with Crippen molar-refractivity contribution in [3.05, 3.63) is 51.3 Å². The molecule has 3 atom stereocenters. The minimum absolute atomic E-state index is 0.0755. The van der Waals surface area contributed by atoms with Gasteiger partial charge in [-0.2, -0.15) is 0 Å². The summed E-state index contributed by atoms with van der Waals surface area (Å²) in [7, 11) is 0. The van der Waals surface area contributed by atoms with Gasteiger partial charge in [-0.1, -0.05) is 12.1 Å². The van der Waals surface area contributed by atoms with Crippen molar-refractivity contribution in [3.63, 3.8) is 0 Å². The second-order valence-electron chi connectivity index (χ2n) is 7.73. The zero-order chi connectivity index (χ0) is 22.4. The van der Waals surface area contributed by atoms with E-state index in [1.807, 2.05) is 0 Å².